The van der Waals surface area contributed by atoms with E-state index in [-0.39, 0.29) is 16.5 Å². The smallest absolute Gasteiger partial charge is 0.442 e. The van der Waals surface area contributed by atoms with Gasteiger partial charge in [-0.05, 0) is 32.0 Å². The highest BCUT2D eigenvalue weighted by Crippen LogP contribution is 2.33. The van der Waals surface area contributed by atoms with Crippen LogP contribution in [0.3, 0.4) is 0 Å². The van der Waals surface area contributed by atoms with E-state index in [1.807, 2.05) is 34.6 Å². The SMILES string of the molecule is CC(C)Oc1cc(-n2nc(C(C)(C)C)oc2=O)c(Cl)cc1Cl.O=C(Nc1nc(OC(F)F)cc(OC(F)F)n1)NS(=O)(=O)c1ccccc1C(=O)O. The molecule has 2 heterocycles. The van der Waals surface area contributed by atoms with Crippen molar-refractivity contribution in [3.05, 3.63) is 74.5 Å². The number of nitrogens with zero attached hydrogens (tertiary/aromatic N) is 4. The molecule has 0 aliphatic carbocycles. The second-order valence-corrected chi connectivity index (χ2v) is 13.7. The molecule has 0 aliphatic heterocycles. The first-order chi connectivity index (χ1) is 24.1. The molecule has 23 heteroatoms. The normalized spacial score (nSPS) is 11.6. The van der Waals surface area contributed by atoms with Gasteiger partial charge in [-0.25, -0.2) is 27.5 Å². The number of carbonyl (C=O) groups excluding carboxylic acids is 1. The number of nitrogens with one attached hydrogen (secondary N) is 2. The highest BCUT2D eigenvalue weighted by molar-refractivity contribution is 7.90. The number of rotatable bonds is 11. The lowest BCUT2D eigenvalue weighted by molar-refractivity contribution is -0.0579. The van der Waals surface area contributed by atoms with Crippen molar-refractivity contribution >= 4 is 51.2 Å². The summed E-state index contributed by atoms with van der Waals surface area (Å²) >= 11 is 12.3. The third kappa shape index (κ3) is 11.4. The molecule has 52 heavy (non-hydrogen) atoms. The average Bonchev–Trinajstić information content (AvgIpc) is 3.39. The van der Waals surface area contributed by atoms with Crippen molar-refractivity contribution in [2.24, 2.45) is 0 Å². The Bertz CT molecular complexity index is 2070. The van der Waals surface area contributed by atoms with Gasteiger partial charge in [0.15, 0.2) is 0 Å². The van der Waals surface area contributed by atoms with Crippen LogP contribution < -0.4 is 30.0 Å². The molecule has 0 atom stereocenters. The maximum Gasteiger partial charge on any atom is 0.442 e. The number of amides is 2. The number of ether oxygens (including phenoxy) is 3. The first kappa shape index (κ1) is 41.3. The van der Waals surface area contributed by atoms with E-state index in [0.717, 1.165) is 16.8 Å². The molecule has 0 bridgehead atoms. The highest BCUT2D eigenvalue weighted by atomic mass is 35.5. The van der Waals surface area contributed by atoms with Crippen molar-refractivity contribution in [3.63, 3.8) is 0 Å². The van der Waals surface area contributed by atoms with Gasteiger partial charge in [0.25, 0.3) is 10.0 Å². The first-order valence-corrected chi connectivity index (χ1v) is 16.5. The maximum absolute atomic E-state index is 12.3. The average molecular weight is 800 g/mol. The summed E-state index contributed by atoms with van der Waals surface area (Å²) in [6.07, 6.45) is -0.0642. The molecule has 0 radical (unpaired) electrons. The van der Waals surface area contributed by atoms with E-state index >= 15 is 0 Å². The second-order valence-electron chi connectivity index (χ2n) is 11.2. The van der Waals surface area contributed by atoms with Gasteiger partial charge >= 0.3 is 31.0 Å². The third-order valence-corrected chi connectivity index (χ3v) is 7.73. The van der Waals surface area contributed by atoms with Gasteiger partial charge in [0.2, 0.25) is 23.6 Å². The molecular weight excluding hydrogens is 771 g/mol. The molecular formula is C29H28Cl2F4N6O10S. The Morgan fingerprint density at radius 1 is 0.942 bits per heavy atom. The predicted molar refractivity (Wildman–Crippen MR) is 175 cm³/mol. The zero-order valence-corrected chi connectivity index (χ0v) is 29.7. The first-order valence-electron chi connectivity index (χ1n) is 14.3. The van der Waals surface area contributed by atoms with Crippen LogP contribution in [0.15, 0.2) is 56.6 Å². The second kappa shape index (κ2) is 16.9. The number of carboxylic acids is 1. The lowest BCUT2D eigenvalue weighted by Crippen LogP contribution is -2.35. The highest BCUT2D eigenvalue weighted by Gasteiger charge is 2.26. The minimum absolute atomic E-state index is 0.0642. The van der Waals surface area contributed by atoms with Crippen LogP contribution in [0.5, 0.6) is 17.5 Å². The van der Waals surface area contributed by atoms with Crippen LogP contribution in [0.1, 0.15) is 50.9 Å². The van der Waals surface area contributed by atoms with Crippen molar-refractivity contribution in [1.29, 1.82) is 0 Å². The van der Waals surface area contributed by atoms with E-state index in [4.69, 9.17) is 37.5 Å². The summed E-state index contributed by atoms with van der Waals surface area (Å²) in [5, 5.41) is 15.6. The van der Waals surface area contributed by atoms with Crippen LogP contribution in [0.25, 0.3) is 5.69 Å². The Labute approximate surface area is 301 Å². The van der Waals surface area contributed by atoms with Gasteiger partial charge in [-0.1, -0.05) is 56.1 Å². The molecule has 2 aromatic carbocycles. The van der Waals surface area contributed by atoms with Crippen LogP contribution >= 0.6 is 23.2 Å². The number of aromatic nitrogens is 4. The van der Waals surface area contributed by atoms with Crippen molar-refractivity contribution in [2.45, 2.75) is 64.3 Å². The number of urea groups is 1. The minimum atomic E-state index is -4.71. The monoisotopic (exact) mass is 798 g/mol. The van der Waals surface area contributed by atoms with Gasteiger partial charge in [-0.3, -0.25) is 5.32 Å². The molecule has 0 saturated carbocycles. The molecule has 0 spiro atoms. The van der Waals surface area contributed by atoms with Gasteiger partial charge in [0.1, 0.15) is 10.6 Å². The zero-order chi connectivity index (χ0) is 39.1. The fraction of sp³-hybridized carbons (Fsp3) is 0.310. The number of anilines is 1. The number of halogens is 6. The number of carboxylic acid groups (broad SMARTS) is 1. The topological polar surface area (TPSA) is 214 Å². The Hall–Kier alpha value is -5.15. The molecule has 0 fully saturated rings. The number of hydrogen-bond donors (Lipinski definition) is 3. The number of carbonyl (C=O) groups is 2. The van der Waals surface area contributed by atoms with Crippen LogP contribution in [0.2, 0.25) is 10.0 Å². The quantitative estimate of drug-likeness (QED) is 0.146. The summed E-state index contributed by atoms with van der Waals surface area (Å²) in [6, 6.07) is 6.33. The van der Waals surface area contributed by atoms with Gasteiger partial charge in [0, 0.05) is 11.5 Å². The largest absolute Gasteiger partial charge is 0.489 e. The van der Waals surface area contributed by atoms with Gasteiger partial charge in [-0.2, -0.15) is 32.2 Å². The number of benzene rings is 2. The van der Waals surface area contributed by atoms with Gasteiger partial charge in [-0.15, -0.1) is 5.10 Å². The van der Waals surface area contributed by atoms with Crippen molar-refractivity contribution in [2.75, 3.05) is 5.32 Å². The third-order valence-electron chi connectivity index (χ3n) is 5.74. The molecule has 4 rings (SSSR count). The standard InChI is InChI=1S/C15H18Cl2N2O3.C14H10F4N4O7S/c1-8(2)21-12-7-11(9(16)6-10(12)17)19-14(20)22-13(18-19)15(3,4)5;15-11(16)28-8-5-9(29-12(17)18)20-13(19-8)21-14(25)22-30(26,27)7-4-2-1-3-6(7)10(23)24/h6-8H,1-5H3;1-5,11-12H,(H,23,24)(H2,19,20,21,22,25). The summed E-state index contributed by atoms with van der Waals surface area (Å²) in [5.74, 6) is -4.30. The summed E-state index contributed by atoms with van der Waals surface area (Å²) in [7, 11) is -4.71. The molecule has 0 saturated heterocycles. The fourth-order valence-corrected chi connectivity index (χ4v) is 5.32. The number of alkyl halides is 4. The van der Waals surface area contributed by atoms with Gasteiger partial charge in [0.05, 0.1) is 33.5 Å². The lowest BCUT2D eigenvalue weighted by Gasteiger charge is -2.13. The number of hydrogen-bond acceptors (Lipinski definition) is 12. The molecule has 282 valence electrons. The Balaban J connectivity index is 0.000000294. The molecule has 4 aromatic rings. The van der Waals surface area contributed by atoms with Gasteiger partial charge < -0.3 is 23.7 Å². The van der Waals surface area contributed by atoms with E-state index in [0.29, 0.717) is 28.4 Å². The van der Waals surface area contributed by atoms with Crippen LogP contribution in [0, 0.1) is 0 Å². The number of aromatic carboxylic acids is 1. The molecule has 2 amide bonds. The molecule has 16 nitrogen and oxygen atoms in total. The van der Waals surface area contributed by atoms with Crippen LogP contribution in [-0.4, -0.2) is 64.6 Å². The fourth-order valence-electron chi connectivity index (χ4n) is 3.70. The van der Waals surface area contributed by atoms with Crippen molar-refractivity contribution in [1.82, 2.24) is 24.5 Å². The van der Waals surface area contributed by atoms with Crippen LogP contribution in [-0.2, 0) is 15.4 Å². The summed E-state index contributed by atoms with van der Waals surface area (Å²) in [6.45, 7) is 2.65. The maximum atomic E-state index is 12.3. The van der Waals surface area contributed by atoms with Crippen LogP contribution in [0.4, 0.5) is 28.3 Å². The zero-order valence-electron chi connectivity index (χ0n) is 27.4. The summed E-state index contributed by atoms with van der Waals surface area (Å²) < 4.78 is 95.0. The van der Waals surface area contributed by atoms with E-state index in [1.165, 1.54) is 22.9 Å². The Kier molecular flexibility index (Phi) is 13.4. The number of sulfonamides is 1. The Morgan fingerprint density at radius 2 is 1.52 bits per heavy atom. The summed E-state index contributed by atoms with van der Waals surface area (Å²) in [5.41, 5.74) is -0.666. The minimum Gasteiger partial charge on any atom is -0.489 e. The van der Waals surface area contributed by atoms with E-state index in [1.54, 1.807) is 11.4 Å². The molecule has 2 aromatic heterocycles. The van der Waals surface area contributed by atoms with Crippen molar-refractivity contribution < 1.29 is 59.3 Å². The summed E-state index contributed by atoms with van der Waals surface area (Å²) in [4.78, 5) is 40.9. The molecule has 0 unspecified atom stereocenters. The lowest BCUT2D eigenvalue weighted by atomic mass is 9.97. The van der Waals surface area contributed by atoms with E-state index in [2.05, 4.69) is 24.5 Å². The molecule has 0 aliphatic rings. The molecule has 3 N–H and O–H groups in total. The van der Waals surface area contributed by atoms with E-state index in [9.17, 15) is 40.4 Å². The predicted octanol–water partition coefficient (Wildman–Crippen LogP) is 6.11. The Morgan fingerprint density at radius 3 is 2.02 bits per heavy atom. The van der Waals surface area contributed by atoms with Crippen molar-refractivity contribution in [3.8, 4) is 23.2 Å². The van der Waals surface area contributed by atoms with E-state index < -0.39 is 69.2 Å².